The van der Waals surface area contributed by atoms with Gasteiger partial charge in [-0.2, -0.15) is 0 Å². The number of rotatable bonds is 3. The topological polar surface area (TPSA) is 71.3 Å². The van der Waals surface area contributed by atoms with Crippen molar-refractivity contribution in [2.75, 3.05) is 18.4 Å². The standard InChI is InChI=1S/C23H24N4O2/c1-13-18(19-20(26-23(2)7-8-23)24-12-25-21(19)29-13)22(28)27-10-14-9-15(11-27)17-6-4-3-5-16(14)17/h3-6,12,14-15H,7-11H2,1-2H3,(H,24,25,26). The molecule has 2 unspecified atom stereocenters. The number of piperidine rings is 1. The third-order valence-electron chi connectivity index (χ3n) is 6.91. The molecule has 1 N–H and O–H groups in total. The first-order valence-corrected chi connectivity index (χ1v) is 10.4. The Bertz CT molecular complexity index is 1120. The van der Waals surface area contributed by atoms with Gasteiger partial charge in [-0.05, 0) is 44.2 Å². The van der Waals surface area contributed by atoms with Crippen LogP contribution < -0.4 is 5.32 Å². The quantitative estimate of drug-likeness (QED) is 0.727. The number of likely N-dealkylation sites (tertiary alicyclic amines) is 1. The number of hydrogen-bond donors (Lipinski definition) is 1. The molecule has 1 aromatic carbocycles. The maximum atomic E-state index is 13.7. The Balaban J connectivity index is 1.38. The van der Waals surface area contributed by atoms with E-state index in [0.717, 1.165) is 37.7 Å². The van der Waals surface area contributed by atoms with Crippen molar-refractivity contribution in [3.63, 3.8) is 0 Å². The van der Waals surface area contributed by atoms with Crippen LogP contribution in [0.5, 0.6) is 0 Å². The van der Waals surface area contributed by atoms with Crippen molar-refractivity contribution in [2.45, 2.75) is 50.5 Å². The molecule has 2 bridgehead atoms. The molecule has 148 valence electrons. The summed E-state index contributed by atoms with van der Waals surface area (Å²) in [4.78, 5) is 24.4. The predicted molar refractivity (Wildman–Crippen MR) is 110 cm³/mol. The molecule has 1 saturated heterocycles. The Hall–Kier alpha value is -2.89. The van der Waals surface area contributed by atoms with E-state index in [1.165, 1.54) is 17.5 Å². The Morgan fingerprint density at radius 2 is 1.86 bits per heavy atom. The summed E-state index contributed by atoms with van der Waals surface area (Å²) in [5.74, 6) is 2.20. The SMILES string of the molecule is Cc1oc2ncnc(NC3(C)CC3)c2c1C(=O)N1CC2CC(C1)c1ccccc12. The molecule has 1 aliphatic heterocycles. The minimum Gasteiger partial charge on any atom is -0.442 e. The molecule has 6 rings (SSSR count). The largest absolute Gasteiger partial charge is 0.442 e. The van der Waals surface area contributed by atoms with Crippen molar-refractivity contribution < 1.29 is 9.21 Å². The Labute approximate surface area is 169 Å². The van der Waals surface area contributed by atoms with Crippen LogP contribution in [0.1, 0.15) is 65.3 Å². The Kier molecular flexibility index (Phi) is 3.41. The predicted octanol–water partition coefficient (Wildman–Crippen LogP) is 4.22. The van der Waals surface area contributed by atoms with Crippen LogP contribution in [0, 0.1) is 6.92 Å². The molecule has 29 heavy (non-hydrogen) atoms. The summed E-state index contributed by atoms with van der Waals surface area (Å²) in [6.07, 6.45) is 4.85. The Morgan fingerprint density at radius 3 is 2.52 bits per heavy atom. The van der Waals surface area contributed by atoms with Crippen LogP contribution in [-0.2, 0) is 0 Å². The van der Waals surface area contributed by atoms with Crippen LogP contribution in [0.4, 0.5) is 5.82 Å². The molecule has 2 atom stereocenters. The molecule has 3 aromatic rings. The first-order valence-electron chi connectivity index (χ1n) is 10.4. The van der Waals surface area contributed by atoms with E-state index in [2.05, 4.69) is 46.5 Å². The average molecular weight is 388 g/mol. The smallest absolute Gasteiger partial charge is 0.258 e. The van der Waals surface area contributed by atoms with E-state index in [0.29, 0.717) is 34.7 Å². The number of benzene rings is 1. The molecule has 1 amide bonds. The number of aryl methyl sites for hydroxylation is 1. The second kappa shape index (κ2) is 5.81. The van der Waals surface area contributed by atoms with Gasteiger partial charge in [-0.25, -0.2) is 9.97 Å². The minimum absolute atomic E-state index is 0.0301. The average Bonchev–Trinajstić information content (AvgIpc) is 3.26. The maximum absolute atomic E-state index is 13.7. The number of carbonyl (C=O) groups excluding carboxylic acids is 1. The van der Waals surface area contributed by atoms with Gasteiger partial charge in [0.25, 0.3) is 5.91 Å². The van der Waals surface area contributed by atoms with Crippen molar-refractivity contribution in [2.24, 2.45) is 0 Å². The summed E-state index contributed by atoms with van der Waals surface area (Å²) in [6, 6.07) is 8.65. The highest BCUT2D eigenvalue weighted by molar-refractivity contribution is 6.10. The van der Waals surface area contributed by atoms with Crippen LogP contribution in [0.3, 0.4) is 0 Å². The van der Waals surface area contributed by atoms with E-state index in [1.54, 1.807) is 0 Å². The summed E-state index contributed by atoms with van der Waals surface area (Å²) < 4.78 is 5.88. The zero-order valence-electron chi connectivity index (χ0n) is 16.7. The molecule has 2 aliphatic carbocycles. The lowest BCUT2D eigenvalue weighted by Gasteiger charge is -2.32. The first kappa shape index (κ1) is 17.0. The van der Waals surface area contributed by atoms with E-state index < -0.39 is 0 Å². The number of fused-ring (bicyclic) bond motifs is 6. The molecule has 0 spiro atoms. The van der Waals surface area contributed by atoms with E-state index in [-0.39, 0.29) is 11.4 Å². The van der Waals surface area contributed by atoms with Gasteiger partial charge < -0.3 is 14.6 Å². The van der Waals surface area contributed by atoms with E-state index in [1.807, 2.05) is 11.8 Å². The highest BCUT2D eigenvalue weighted by Crippen LogP contribution is 2.46. The molecular formula is C23H24N4O2. The van der Waals surface area contributed by atoms with Gasteiger partial charge in [0.15, 0.2) is 0 Å². The number of furan rings is 1. The third kappa shape index (κ3) is 2.58. The van der Waals surface area contributed by atoms with Crippen LogP contribution in [-0.4, -0.2) is 39.4 Å². The minimum atomic E-state index is 0.0301. The molecule has 6 nitrogen and oxygen atoms in total. The van der Waals surface area contributed by atoms with Crippen LogP contribution >= 0.6 is 0 Å². The van der Waals surface area contributed by atoms with Gasteiger partial charge >= 0.3 is 0 Å². The summed E-state index contributed by atoms with van der Waals surface area (Å²) >= 11 is 0. The number of hydrogen-bond acceptors (Lipinski definition) is 5. The van der Waals surface area contributed by atoms with Crippen molar-refractivity contribution in [3.05, 3.63) is 53.0 Å². The fourth-order valence-electron chi connectivity index (χ4n) is 5.12. The van der Waals surface area contributed by atoms with Crippen molar-refractivity contribution >= 4 is 22.8 Å². The highest BCUT2D eigenvalue weighted by atomic mass is 16.3. The fourth-order valence-corrected chi connectivity index (χ4v) is 5.12. The van der Waals surface area contributed by atoms with E-state index >= 15 is 0 Å². The number of aromatic nitrogens is 2. The van der Waals surface area contributed by atoms with Gasteiger partial charge in [-0.1, -0.05) is 24.3 Å². The Morgan fingerprint density at radius 1 is 1.17 bits per heavy atom. The van der Waals surface area contributed by atoms with Gasteiger partial charge in [-0.3, -0.25) is 4.79 Å². The van der Waals surface area contributed by atoms with Crippen molar-refractivity contribution in [3.8, 4) is 0 Å². The molecule has 2 aromatic heterocycles. The van der Waals surface area contributed by atoms with Gasteiger partial charge in [0.1, 0.15) is 17.9 Å². The summed E-state index contributed by atoms with van der Waals surface area (Å²) in [5.41, 5.74) is 3.97. The van der Waals surface area contributed by atoms with Crippen molar-refractivity contribution in [1.29, 1.82) is 0 Å². The lowest BCUT2D eigenvalue weighted by molar-refractivity contribution is 0.0702. The molecule has 0 radical (unpaired) electrons. The van der Waals surface area contributed by atoms with E-state index in [4.69, 9.17) is 4.42 Å². The van der Waals surface area contributed by atoms with Gasteiger partial charge in [0, 0.05) is 30.5 Å². The van der Waals surface area contributed by atoms with Crippen LogP contribution in [0.25, 0.3) is 11.1 Å². The summed E-state index contributed by atoms with van der Waals surface area (Å²) in [6.45, 7) is 5.54. The van der Waals surface area contributed by atoms with Gasteiger partial charge in [0.2, 0.25) is 5.71 Å². The second-order valence-electron chi connectivity index (χ2n) is 9.09. The highest BCUT2D eigenvalue weighted by Gasteiger charge is 2.41. The first-order chi connectivity index (χ1) is 14.0. The summed E-state index contributed by atoms with van der Waals surface area (Å²) in [5, 5.41) is 4.23. The lowest BCUT2D eigenvalue weighted by atomic mass is 9.95. The normalized spacial score (nSPS) is 23.9. The van der Waals surface area contributed by atoms with E-state index in [9.17, 15) is 4.79 Å². The zero-order valence-corrected chi connectivity index (χ0v) is 16.7. The van der Waals surface area contributed by atoms with Crippen LogP contribution in [0.2, 0.25) is 0 Å². The molecule has 1 saturated carbocycles. The zero-order chi connectivity index (χ0) is 19.8. The molecule has 3 aliphatic rings. The number of carbonyl (C=O) groups is 1. The number of anilines is 1. The van der Waals surface area contributed by atoms with Gasteiger partial charge in [0.05, 0.1) is 10.9 Å². The monoisotopic (exact) mass is 388 g/mol. The molecule has 6 heteroatoms. The summed E-state index contributed by atoms with van der Waals surface area (Å²) in [7, 11) is 0. The fraction of sp³-hybridized carbons (Fsp3) is 0.435. The number of amides is 1. The number of nitrogens with zero attached hydrogens (tertiary/aromatic N) is 3. The molecular weight excluding hydrogens is 364 g/mol. The van der Waals surface area contributed by atoms with Gasteiger partial charge in [-0.15, -0.1) is 0 Å². The second-order valence-corrected chi connectivity index (χ2v) is 9.09. The molecule has 3 heterocycles. The number of nitrogens with one attached hydrogen (secondary N) is 1. The lowest BCUT2D eigenvalue weighted by Crippen LogP contribution is -2.39. The van der Waals surface area contributed by atoms with Crippen molar-refractivity contribution in [1.82, 2.24) is 14.9 Å². The third-order valence-corrected chi connectivity index (χ3v) is 6.91. The molecule has 2 fully saturated rings. The van der Waals surface area contributed by atoms with Crippen LogP contribution in [0.15, 0.2) is 35.0 Å². The maximum Gasteiger partial charge on any atom is 0.258 e.